The van der Waals surface area contributed by atoms with Crippen LogP contribution in [0.5, 0.6) is 0 Å². The number of aryl methyl sites for hydroxylation is 1. The fourth-order valence-electron chi connectivity index (χ4n) is 2.14. The second kappa shape index (κ2) is 5.49. The van der Waals surface area contributed by atoms with Crippen LogP contribution in [0.4, 0.5) is 5.82 Å². The molecular weight excluding hydrogens is 286 g/mol. The van der Waals surface area contributed by atoms with Crippen molar-refractivity contribution in [2.45, 2.75) is 13.0 Å². The number of hydrogen-bond acceptors (Lipinski definition) is 5. The van der Waals surface area contributed by atoms with Gasteiger partial charge >= 0.3 is 5.97 Å². The van der Waals surface area contributed by atoms with Crippen molar-refractivity contribution in [1.29, 1.82) is 0 Å². The molecular formula is C15H13N3O2S. The number of hydrogen-bond donors (Lipinski definition) is 2. The number of benzene rings is 1. The van der Waals surface area contributed by atoms with E-state index in [0.29, 0.717) is 11.4 Å². The molecule has 2 heterocycles. The highest BCUT2D eigenvalue weighted by molar-refractivity contribution is 7.18. The molecule has 0 saturated carbocycles. The molecule has 2 aromatic heterocycles. The number of fused-ring (bicyclic) bond motifs is 1. The van der Waals surface area contributed by atoms with Crippen molar-refractivity contribution in [2.24, 2.45) is 0 Å². The number of carboxylic acid groups (broad SMARTS) is 1. The van der Waals surface area contributed by atoms with Crippen molar-refractivity contribution >= 4 is 33.3 Å². The molecule has 0 aliphatic carbocycles. The van der Waals surface area contributed by atoms with Gasteiger partial charge in [-0.3, -0.25) is 0 Å². The van der Waals surface area contributed by atoms with Gasteiger partial charge in [-0.25, -0.2) is 14.8 Å². The van der Waals surface area contributed by atoms with Gasteiger partial charge in [0.1, 0.15) is 12.1 Å². The van der Waals surface area contributed by atoms with Crippen LogP contribution in [0.3, 0.4) is 0 Å². The van der Waals surface area contributed by atoms with Gasteiger partial charge in [-0.05, 0) is 23.4 Å². The summed E-state index contributed by atoms with van der Waals surface area (Å²) in [6.07, 6.45) is 1.45. The average molecular weight is 299 g/mol. The zero-order valence-electron chi connectivity index (χ0n) is 11.3. The molecule has 0 bridgehead atoms. The Morgan fingerprint density at radius 1 is 1.29 bits per heavy atom. The van der Waals surface area contributed by atoms with E-state index in [0.717, 1.165) is 15.8 Å². The van der Waals surface area contributed by atoms with Crippen LogP contribution in [0, 0.1) is 6.92 Å². The van der Waals surface area contributed by atoms with Crippen molar-refractivity contribution in [3.05, 3.63) is 53.2 Å². The molecule has 3 aromatic rings. The molecule has 106 valence electrons. The lowest BCUT2D eigenvalue weighted by molar-refractivity contribution is -0.138. The average Bonchev–Trinajstić information content (AvgIpc) is 2.88. The maximum Gasteiger partial charge on any atom is 0.330 e. The molecule has 1 atom stereocenters. The number of thiophene rings is 1. The number of rotatable bonds is 4. The summed E-state index contributed by atoms with van der Waals surface area (Å²) < 4.78 is 0.872. The zero-order chi connectivity index (χ0) is 14.8. The molecule has 0 amide bonds. The second-order valence-corrected chi connectivity index (χ2v) is 5.52. The Bertz CT molecular complexity index is 786. The number of aliphatic carboxylic acids is 1. The van der Waals surface area contributed by atoms with E-state index >= 15 is 0 Å². The van der Waals surface area contributed by atoms with Gasteiger partial charge in [0, 0.05) is 0 Å². The van der Waals surface area contributed by atoms with Crippen LogP contribution in [0.2, 0.25) is 0 Å². The first-order valence-electron chi connectivity index (χ1n) is 6.40. The molecule has 0 radical (unpaired) electrons. The summed E-state index contributed by atoms with van der Waals surface area (Å²) >= 11 is 1.51. The third-order valence-electron chi connectivity index (χ3n) is 3.19. The summed E-state index contributed by atoms with van der Waals surface area (Å²) in [5, 5.41) is 14.5. The summed E-state index contributed by atoms with van der Waals surface area (Å²) in [7, 11) is 0. The SMILES string of the molecule is Cc1csc2c(NC(C(=O)O)c3ccccc3)ncnc12. The minimum Gasteiger partial charge on any atom is -0.479 e. The molecule has 21 heavy (non-hydrogen) atoms. The Kier molecular flexibility index (Phi) is 3.53. The molecule has 0 aliphatic heterocycles. The lowest BCUT2D eigenvalue weighted by Crippen LogP contribution is -2.21. The smallest absolute Gasteiger partial charge is 0.330 e. The summed E-state index contributed by atoms with van der Waals surface area (Å²) in [6, 6.07) is 8.21. The van der Waals surface area contributed by atoms with Crippen LogP contribution in [0.15, 0.2) is 42.0 Å². The summed E-state index contributed by atoms with van der Waals surface area (Å²) in [4.78, 5) is 20.0. The van der Waals surface area contributed by atoms with Gasteiger partial charge in [0.25, 0.3) is 0 Å². The lowest BCUT2D eigenvalue weighted by atomic mass is 10.1. The van der Waals surface area contributed by atoms with Crippen molar-refractivity contribution in [1.82, 2.24) is 9.97 Å². The number of anilines is 1. The molecule has 0 aliphatic rings. The predicted octanol–water partition coefficient (Wildman–Crippen LogP) is 3.24. The minimum atomic E-state index is -0.943. The zero-order valence-corrected chi connectivity index (χ0v) is 12.1. The fraction of sp³-hybridized carbons (Fsp3) is 0.133. The minimum absolute atomic E-state index is 0.550. The Hall–Kier alpha value is -2.47. The van der Waals surface area contributed by atoms with E-state index in [1.165, 1.54) is 17.7 Å². The summed E-state index contributed by atoms with van der Waals surface area (Å²) in [5.74, 6) is -0.393. The normalized spacial score (nSPS) is 12.2. The highest BCUT2D eigenvalue weighted by Gasteiger charge is 2.21. The van der Waals surface area contributed by atoms with Crippen molar-refractivity contribution in [3.63, 3.8) is 0 Å². The fourth-order valence-corrected chi connectivity index (χ4v) is 3.10. The van der Waals surface area contributed by atoms with E-state index in [1.54, 1.807) is 12.1 Å². The molecule has 1 aromatic carbocycles. The molecule has 6 heteroatoms. The number of carboxylic acids is 1. The quantitative estimate of drug-likeness (QED) is 0.773. The Labute approximate surface area is 125 Å². The van der Waals surface area contributed by atoms with Crippen molar-refractivity contribution in [3.8, 4) is 0 Å². The Balaban J connectivity index is 2.01. The molecule has 5 nitrogen and oxygen atoms in total. The lowest BCUT2D eigenvalue weighted by Gasteiger charge is -2.15. The van der Waals surface area contributed by atoms with Gasteiger partial charge in [0.2, 0.25) is 0 Å². The molecule has 0 spiro atoms. The maximum absolute atomic E-state index is 11.5. The van der Waals surface area contributed by atoms with Crippen LogP contribution in [0.25, 0.3) is 10.2 Å². The van der Waals surface area contributed by atoms with Crippen LogP contribution >= 0.6 is 11.3 Å². The van der Waals surface area contributed by atoms with Gasteiger partial charge in [-0.15, -0.1) is 11.3 Å². The Morgan fingerprint density at radius 2 is 2.05 bits per heavy atom. The standard InChI is InChI=1S/C15H13N3O2S/c1-9-7-21-13-11(9)16-8-17-14(13)18-12(15(19)20)10-5-3-2-4-6-10/h2-8,12H,1H3,(H,19,20)(H,16,17,18). The number of carbonyl (C=O) groups is 1. The van der Waals surface area contributed by atoms with E-state index in [1.807, 2.05) is 30.5 Å². The van der Waals surface area contributed by atoms with Crippen LogP contribution < -0.4 is 5.32 Å². The van der Waals surface area contributed by atoms with E-state index in [4.69, 9.17) is 0 Å². The van der Waals surface area contributed by atoms with Crippen LogP contribution in [-0.4, -0.2) is 21.0 Å². The highest BCUT2D eigenvalue weighted by atomic mass is 32.1. The monoisotopic (exact) mass is 299 g/mol. The van der Waals surface area contributed by atoms with E-state index < -0.39 is 12.0 Å². The second-order valence-electron chi connectivity index (χ2n) is 4.64. The van der Waals surface area contributed by atoms with E-state index in [9.17, 15) is 9.90 Å². The molecule has 1 unspecified atom stereocenters. The maximum atomic E-state index is 11.5. The summed E-state index contributed by atoms with van der Waals surface area (Å²) in [6.45, 7) is 1.97. The summed E-state index contributed by atoms with van der Waals surface area (Å²) in [5.41, 5.74) is 2.60. The predicted molar refractivity (Wildman–Crippen MR) is 82.6 cm³/mol. The van der Waals surface area contributed by atoms with Crippen LogP contribution in [0.1, 0.15) is 17.2 Å². The third kappa shape index (κ3) is 2.57. The topological polar surface area (TPSA) is 75.1 Å². The first kappa shape index (κ1) is 13.5. The first-order valence-corrected chi connectivity index (χ1v) is 7.28. The molecule has 0 fully saturated rings. The van der Waals surface area contributed by atoms with Crippen molar-refractivity contribution in [2.75, 3.05) is 5.32 Å². The Morgan fingerprint density at radius 3 is 2.76 bits per heavy atom. The first-order chi connectivity index (χ1) is 10.2. The number of nitrogens with zero attached hydrogens (tertiary/aromatic N) is 2. The number of nitrogens with one attached hydrogen (secondary N) is 1. The van der Waals surface area contributed by atoms with E-state index in [-0.39, 0.29) is 0 Å². The van der Waals surface area contributed by atoms with E-state index in [2.05, 4.69) is 15.3 Å². The van der Waals surface area contributed by atoms with Crippen LogP contribution in [-0.2, 0) is 4.79 Å². The molecule has 2 N–H and O–H groups in total. The molecule has 3 rings (SSSR count). The van der Waals surface area contributed by atoms with Gasteiger partial charge in [0.05, 0.1) is 10.2 Å². The number of aromatic nitrogens is 2. The third-order valence-corrected chi connectivity index (χ3v) is 4.29. The van der Waals surface area contributed by atoms with Gasteiger partial charge in [0.15, 0.2) is 6.04 Å². The molecule has 0 saturated heterocycles. The largest absolute Gasteiger partial charge is 0.479 e. The van der Waals surface area contributed by atoms with Gasteiger partial charge < -0.3 is 10.4 Å². The van der Waals surface area contributed by atoms with Gasteiger partial charge in [-0.1, -0.05) is 30.3 Å². The van der Waals surface area contributed by atoms with Crippen molar-refractivity contribution < 1.29 is 9.90 Å². The van der Waals surface area contributed by atoms with Gasteiger partial charge in [-0.2, -0.15) is 0 Å². The highest BCUT2D eigenvalue weighted by Crippen LogP contribution is 2.30.